The first kappa shape index (κ1) is 25.4. The maximum absolute atomic E-state index is 10.4. The second kappa shape index (κ2) is 12.1. The monoisotopic (exact) mass is 442 g/mol. The highest BCUT2D eigenvalue weighted by molar-refractivity contribution is 5.85. The number of rotatable bonds is 7. The molecule has 1 saturated heterocycles. The summed E-state index contributed by atoms with van der Waals surface area (Å²) in [5.74, 6) is 1.73. The van der Waals surface area contributed by atoms with Crippen LogP contribution in [0.25, 0.3) is 0 Å². The molecule has 2 aromatic carbocycles. The first-order chi connectivity index (χ1) is 13.1. The van der Waals surface area contributed by atoms with Gasteiger partial charge in [-0.25, -0.2) is 0 Å². The summed E-state index contributed by atoms with van der Waals surface area (Å²) in [5, 5.41) is 10.4. The minimum absolute atomic E-state index is 0. The van der Waals surface area contributed by atoms with Gasteiger partial charge < -0.3 is 19.5 Å². The maximum atomic E-state index is 10.4. The number of β-amino-alcohol motifs (C(OH)–C–C–N with tert-alkyl or cyclic N) is 1. The summed E-state index contributed by atoms with van der Waals surface area (Å²) in [6.07, 6.45) is -0.496. The number of hydrogen-bond acceptors (Lipinski definition) is 5. The lowest BCUT2D eigenvalue weighted by molar-refractivity contribution is 0.0662. The Morgan fingerprint density at radius 3 is 2.31 bits per heavy atom. The van der Waals surface area contributed by atoms with Gasteiger partial charge in [-0.05, 0) is 49.2 Å². The molecule has 3 rings (SSSR count). The molecule has 7 heteroatoms. The van der Waals surface area contributed by atoms with E-state index in [1.165, 1.54) is 11.1 Å². The van der Waals surface area contributed by atoms with Crippen LogP contribution in [0.4, 0.5) is 5.69 Å². The lowest BCUT2D eigenvalue weighted by Crippen LogP contribution is -2.49. The summed E-state index contributed by atoms with van der Waals surface area (Å²) in [4.78, 5) is 4.63. The molecule has 29 heavy (non-hydrogen) atoms. The van der Waals surface area contributed by atoms with E-state index < -0.39 is 6.10 Å². The molecule has 1 aliphatic rings. The van der Waals surface area contributed by atoms with Crippen molar-refractivity contribution >= 4 is 30.5 Å². The van der Waals surface area contributed by atoms with Crippen LogP contribution in [-0.2, 0) is 0 Å². The fourth-order valence-electron chi connectivity index (χ4n) is 3.41. The summed E-state index contributed by atoms with van der Waals surface area (Å²) in [5.41, 5.74) is 3.59. The third-order valence-electron chi connectivity index (χ3n) is 5.19. The van der Waals surface area contributed by atoms with Gasteiger partial charge in [0.1, 0.15) is 24.2 Å². The largest absolute Gasteiger partial charge is 0.495 e. The molecule has 1 atom stereocenters. The fraction of sp³-hybridized carbons (Fsp3) is 0.455. The number of hydrogen-bond donors (Lipinski definition) is 1. The van der Waals surface area contributed by atoms with Crippen molar-refractivity contribution in [1.29, 1.82) is 0 Å². The average molecular weight is 443 g/mol. The Kier molecular flexibility index (Phi) is 10.6. The SMILES string of the molecule is COc1ccccc1N1CCN(CC(O)COc2ccc(C)c(C)c2)CC1.Cl.Cl. The Bertz CT molecular complexity index is 753. The molecule has 2 aromatic rings. The molecular weight excluding hydrogens is 411 g/mol. The molecule has 162 valence electrons. The molecule has 1 aliphatic heterocycles. The number of halogens is 2. The standard InChI is InChI=1S/C22H30N2O3.2ClH/c1-17-8-9-20(14-18(17)2)27-16-19(25)15-23-10-12-24(13-11-23)21-6-4-5-7-22(21)26-3;;/h4-9,14,19,25H,10-13,15-16H2,1-3H3;2*1H. The third kappa shape index (κ3) is 6.96. The first-order valence-electron chi connectivity index (χ1n) is 9.55. The van der Waals surface area contributed by atoms with Gasteiger partial charge in [0, 0.05) is 32.7 Å². The molecule has 0 radical (unpaired) electrons. The van der Waals surface area contributed by atoms with Crippen LogP contribution in [0.15, 0.2) is 42.5 Å². The minimum atomic E-state index is -0.496. The van der Waals surface area contributed by atoms with E-state index in [1.54, 1.807) is 7.11 Å². The zero-order valence-corrected chi connectivity index (χ0v) is 19.0. The summed E-state index contributed by atoms with van der Waals surface area (Å²) >= 11 is 0. The van der Waals surface area contributed by atoms with Gasteiger partial charge in [-0.1, -0.05) is 18.2 Å². The normalized spacial score (nSPS) is 15.1. The minimum Gasteiger partial charge on any atom is -0.495 e. The molecule has 0 bridgehead atoms. The van der Waals surface area contributed by atoms with E-state index in [2.05, 4.69) is 29.7 Å². The second-order valence-electron chi connectivity index (χ2n) is 7.17. The second-order valence-corrected chi connectivity index (χ2v) is 7.17. The van der Waals surface area contributed by atoms with E-state index in [9.17, 15) is 5.11 Å². The van der Waals surface area contributed by atoms with Crippen molar-refractivity contribution in [1.82, 2.24) is 4.90 Å². The fourth-order valence-corrected chi connectivity index (χ4v) is 3.41. The van der Waals surface area contributed by atoms with Crippen LogP contribution in [-0.4, -0.2) is 62.6 Å². The number of anilines is 1. The van der Waals surface area contributed by atoms with Gasteiger partial charge in [0.15, 0.2) is 0 Å². The molecule has 5 nitrogen and oxygen atoms in total. The highest BCUT2D eigenvalue weighted by Crippen LogP contribution is 2.28. The van der Waals surface area contributed by atoms with E-state index in [-0.39, 0.29) is 24.8 Å². The van der Waals surface area contributed by atoms with E-state index in [0.717, 1.165) is 43.4 Å². The number of methoxy groups -OCH3 is 1. The predicted octanol–water partition coefficient (Wildman–Crippen LogP) is 3.72. The molecule has 0 saturated carbocycles. The molecule has 0 aromatic heterocycles. The summed E-state index contributed by atoms with van der Waals surface area (Å²) in [7, 11) is 1.71. The van der Waals surface area contributed by atoms with E-state index >= 15 is 0 Å². The van der Waals surface area contributed by atoms with Crippen LogP contribution in [0.2, 0.25) is 0 Å². The van der Waals surface area contributed by atoms with Crippen LogP contribution in [0.3, 0.4) is 0 Å². The Morgan fingerprint density at radius 2 is 1.66 bits per heavy atom. The van der Waals surface area contributed by atoms with Crippen molar-refractivity contribution in [3.63, 3.8) is 0 Å². The van der Waals surface area contributed by atoms with Gasteiger partial charge in [-0.3, -0.25) is 4.90 Å². The summed E-state index contributed by atoms with van der Waals surface area (Å²) in [6, 6.07) is 14.2. The van der Waals surface area contributed by atoms with Gasteiger partial charge >= 0.3 is 0 Å². The van der Waals surface area contributed by atoms with Gasteiger partial charge in [0.25, 0.3) is 0 Å². The predicted molar refractivity (Wildman–Crippen MR) is 124 cm³/mol. The zero-order chi connectivity index (χ0) is 19.2. The maximum Gasteiger partial charge on any atom is 0.142 e. The van der Waals surface area contributed by atoms with Crippen molar-refractivity contribution in [2.45, 2.75) is 20.0 Å². The van der Waals surface area contributed by atoms with E-state index in [1.807, 2.05) is 36.4 Å². The number of piperazine rings is 1. The molecule has 0 aliphatic carbocycles. The van der Waals surface area contributed by atoms with Crippen molar-refractivity contribution in [2.24, 2.45) is 0 Å². The van der Waals surface area contributed by atoms with Crippen LogP contribution >= 0.6 is 24.8 Å². The number of nitrogens with zero attached hydrogens (tertiary/aromatic N) is 2. The first-order valence-corrected chi connectivity index (χ1v) is 9.55. The molecule has 1 unspecified atom stereocenters. The summed E-state index contributed by atoms with van der Waals surface area (Å²) in [6.45, 7) is 8.77. The van der Waals surface area contributed by atoms with Crippen LogP contribution in [0.1, 0.15) is 11.1 Å². The summed E-state index contributed by atoms with van der Waals surface area (Å²) < 4.78 is 11.2. The number of ether oxygens (including phenoxy) is 2. The van der Waals surface area contributed by atoms with Crippen LogP contribution < -0.4 is 14.4 Å². The molecule has 1 fully saturated rings. The average Bonchev–Trinajstić information content (AvgIpc) is 2.69. The third-order valence-corrected chi connectivity index (χ3v) is 5.19. The molecule has 0 amide bonds. The smallest absolute Gasteiger partial charge is 0.142 e. The Morgan fingerprint density at radius 1 is 0.966 bits per heavy atom. The highest BCUT2D eigenvalue weighted by Gasteiger charge is 2.21. The van der Waals surface area contributed by atoms with Gasteiger partial charge in [0.2, 0.25) is 0 Å². The number of aliphatic hydroxyl groups is 1. The van der Waals surface area contributed by atoms with E-state index in [0.29, 0.717) is 13.2 Å². The van der Waals surface area contributed by atoms with Crippen LogP contribution in [0.5, 0.6) is 11.5 Å². The molecule has 1 N–H and O–H groups in total. The molecule has 1 heterocycles. The Balaban J connectivity index is 0.00000210. The molecular formula is C22H32Cl2N2O3. The lowest BCUT2D eigenvalue weighted by atomic mass is 10.1. The number of benzene rings is 2. The van der Waals surface area contributed by atoms with Crippen molar-refractivity contribution in [3.05, 3.63) is 53.6 Å². The number of para-hydroxylation sites is 2. The van der Waals surface area contributed by atoms with Crippen LogP contribution in [0, 0.1) is 13.8 Å². The highest BCUT2D eigenvalue weighted by atomic mass is 35.5. The lowest BCUT2D eigenvalue weighted by Gasteiger charge is -2.37. The molecule has 0 spiro atoms. The number of aryl methyl sites for hydroxylation is 2. The quantitative estimate of drug-likeness (QED) is 0.707. The Hall–Kier alpha value is -1.66. The topological polar surface area (TPSA) is 45.2 Å². The van der Waals surface area contributed by atoms with Crippen molar-refractivity contribution in [3.8, 4) is 11.5 Å². The zero-order valence-electron chi connectivity index (χ0n) is 17.3. The Labute approximate surface area is 186 Å². The van der Waals surface area contributed by atoms with Crippen molar-refractivity contribution in [2.75, 3.05) is 51.3 Å². The number of aliphatic hydroxyl groups excluding tert-OH is 1. The van der Waals surface area contributed by atoms with Gasteiger partial charge in [0.05, 0.1) is 12.8 Å². The van der Waals surface area contributed by atoms with E-state index in [4.69, 9.17) is 9.47 Å². The van der Waals surface area contributed by atoms with Gasteiger partial charge in [-0.15, -0.1) is 24.8 Å². The van der Waals surface area contributed by atoms with Crippen molar-refractivity contribution < 1.29 is 14.6 Å². The van der Waals surface area contributed by atoms with Gasteiger partial charge in [-0.2, -0.15) is 0 Å².